The molecule has 1 aliphatic carbocycles. The van der Waals surface area contributed by atoms with Crippen molar-refractivity contribution in [3.05, 3.63) is 0 Å². The van der Waals surface area contributed by atoms with Gasteiger partial charge in [0.25, 0.3) is 0 Å². The summed E-state index contributed by atoms with van der Waals surface area (Å²) in [4.78, 5) is 2.35. The number of nitrogens with zero attached hydrogens (tertiary/aromatic N) is 2. The highest BCUT2D eigenvalue weighted by Gasteiger charge is 2.44. The van der Waals surface area contributed by atoms with Crippen LogP contribution in [0.5, 0.6) is 0 Å². The molecular weight excluding hydrogens is 204 g/mol. The van der Waals surface area contributed by atoms with E-state index in [0.29, 0.717) is 12.6 Å². The van der Waals surface area contributed by atoms with Crippen LogP contribution in [0.15, 0.2) is 0 Å². The maximum absolute atomic E-state index is 5.88. The van der Waals surface area contributed by atoms with Gasteiger partial charge in [0.15, 0.2) is 0 Å². The van der Waals surface area contributed by atoms with E-state index < -0.39 is 0 Å². The maximum Gasteiger partial charge on any atom is 0.0608 e. The molecule has 2 rings (SSSR count). The first-order valence-corrected chi connectivity index (χ1v) is 6.12. The van der Waals surface area contributed by atoms with Gasteiger partial charge in [0.1, 0.15) is 0 Å². The first kappa shape index (κ1) is 12.3. The van der Waals surface area contributed by atoms with Crippen molar-refractivity contribution >= 4 is 0 Å². The summed E-state index contributed by atoms with van der Waals surface area (Å²) < 4.78 is 5.33. The smallest absolute Gasteiger partial charge is 0.0608 e. The zero-order chi connectivity index (χ0) is 11.6. The average Bonchev–Trinajstić information content (AvgIpc) is 2.26. The van der Waals surface area contributed by atoms with Crippen molar-refractivity contribution in [2.45, 2.75) is 24.5 Å². The normalized spacial score (nSPS) is 37.3. The molecule has 0 spiro atoms. The number of hydrogen-bond acceptors (Lipinski definition) is 5. The number of rotatable bonds is 4. The number of nitrogens with two attached hydrogens (primary N) is 1. The molecule has 5 nitrogen and oxygen atoms in total. The van der Waals surface area contributed by atoms with E-state index in [2.05, 4.69) is 22.4 Å². The minimum Gasteiger partial charge on any atom is -0.381 e. The number of piperazine rings is 1. The van der Waals surface area contributed by atoms with Crippen LogP contribution in [-0.4, -0.2) is 68.4 Å². The Morgan fingerprint density at radius 3 is 2.44 bits per heavy atom. The van der Waals surface area contributed by atoms with Gasteiger partial charge in [-0.3, -0.25) is 0 Å². The topological polar surface area (TPSA) is 53.8 Å². The molecule has 94 valence electrons. The van der Waals surface area contributed by atoms with E-state index >= 15 is 0 Å². The van der Waals surface area contributed by atoms with Crippen LogP contribution >= 0.6 is 0 Å². The Balaban J connectivity index is 1.79. The van der Waals surface area contributed by atoms with Crippen LogP contribution in [0.2, 0.25) is 0 Å². The lowest BCUT2D eigenvalue weighted by atomic mass is 9.74. The largest absolute Gasteiger partial charge is 0.381 e. The highest BCUT2D eigenvalue weighted by molar-refractivity contribution is 5.02. The van der Waals surface area contributed by atoms with Crippen LogP contribution in [0.3, 0.4) is 0 Å². The summed E-state index contributed by atoms with van der Waals surface area (Å²) in [6, 6.07) is 0. The first-order chi connectivity index (χ1) is 7.67. The molecule has 2 fully saturated rings. The molecule has 0 atom stereocenters. The number of hydrogen-bond donors (Lipinski definition) is 2. The van der Waals surface area contributed by atoms with Gasteiger partial charge in [0, 0.05) is 45.4 Å². The Hall–Kier alpha value is -0.200. The van der Waals surface area contributed by atoms with Crippen LogP contribution in [0.25, 0.3) is 0 Å². The van der Waals surface area contributed by atoms with Gasteiger partial charge in [-0.15, -0.1) is 0 Å². The quantitative estimate of drug-likeness (QED) is 0.663. The minimum absolute atomic E-state index is 0.0938. The second kappa shape index (κ2) is 4.98. The lowest BCUT2D eigenvalue weighted by Crippen LogP contribution is -2.68. The Kier molecular flexibility index (Phi) is 3.81. The zero-order valence-electron chi connectivity index (χ0n) is 10.4. The molecule has 0 unspecified atom stereocenters. The molecule has 3 N–H and O–H groups in total. The fraction of sp³-hybridized carbons (Fsp3) is 1.00. The monoisotopic (exact) mass is 228 g/mol. The van der Waals surface area contributed by atoms with Crippen molar-refractivity contribution < 1.29 is 4.74 Å². The van der Waals surface area contributed by atoms with Crippen molar-refractivity contribution in [3.63, 3.8) is 0 Å². The number of methoxy groups -OCH3 is 1. The van der Waals surface area contributed by atoms with Gasteiger partial charge in [-0.05, 0) is 19.9 Å². The lowest BCUT2D eigenvalue weighted by molar-refractivity contribution is -0.0666. The summed E-state index contributed by atoms with van der Waals surface area (Å²) in [5, 5.41) is 2.32. The Labute approximate surface area is 97.9 Å². The summed E-state index contributed by atoms with van der Waals surface area (Å²) in [6.07, 6.45) is 2.46. The van der Waals surface area contributed by atoms with Crippen molar-refractivity contribution in [1.82, 2.24) is 15.3 Å². The van der Waals surface area contributed by atoms with Crippen LogP contribution in [0.1, 0.15) is 12.8 Å². The van der Waals surface area contributed by atoms with Gasteiger partial charge in [-0.1, -0.05) is 0 Å². The molecule has 0 radical (unpaired) electrons. The molecule has 0 amide bonds. The number of hydrazine groups is 1. The molecule has 0 aromatic carbocycles. The summed E-state index contributed by atoms with van der Waals surface area (Å²) >= 11 is 0. The fourth-order valence-corrected chi connectivity index (χ4v) is 2.54. The Morgan fingerprint density at radius 1 is 1.31 bits per heavy atom. The van der Waals surface area contributed by atoms with Crippen LogP contribution < -0.4 is 11.2 Å². The fourth-order valence-electron chi connectivity index (χ4n) is 2.54. The molecule has 1 saturated heterocycles. The molecule has 1 aliphatic heterocycles. The SMILES string of the molecule is COC1CC(CN)(NN2CCN(C)CC2)C1. The standard InChI is InChI=1S/C11H24N4O/c1-14-3-5-15(6-4-14)13-11(9-12)7-10(8-11)16-2/h10,13H,3-9,12H2,1-2H3. The number of likely N-dealkylation sites (N-methyl/N-ethyl adjacent to an activating group) is 1. The number of ether oxygens (including phenoxy) is 1. The van der Waals surface area contributed by atoms with E-state index in [4.69, 9.17) is 10.5 Å². The Morgan fingerprint density at radius 2 is 1.94 bits per heavy atom. The van der Waals surface area contributed by atoms with Gasteiger partial charge in [-0.2, -0.15) is 0 Å². The lowest BCUT2D eigenvalue weighted by Gasteiger charge is -2.50. The van der Waals surface area contributed by atoms with Crippen LogP contribution in [0.4, 0.5) is 0 Å². The summed E-state index contributed by atoms with van der Waals surface area (Å²) in [6.45, 7) is 5.10. The third kappa shape index (κ3) is 2.55. The van der Waals surface area contributed by atoms with Gasteiger partial charge in [0.2, 0.25) is 0 Å². The van der Waals surface area contributed by atoms with E-state index in [1.807, 2.05) is 0 Å². The third-order valence-corrected chi connectivity index (χ3v) is 3.86. The number of nitrogens with one attached hydrogen (secondary N) is 1. The molecule has 16 heavy (non-hydrogen) atoms. The molecular formula is C11H24N4O. The molecule has 0 bridgehead atoms. The second-order valence-electron chi connectivity index (χ2n) is 5.15. The highest BCUT2D eigenvalue weighted by atomic mass is 16.5. The summed E-state index contributed by atoms with van der Waals surface area (Å²) in [5.74, 6) is 0. The molecule has 5 heteroatoms. The van der Waals surface area contributed by atoms with Gasteiger partial charge in [0.05, 0.1) is 6.10 Å². The minimum atomic E-state index is 0.0938. The molecule has 1 heterocycles. The predicted octanol–water partition coefficient (Wildman–Crippen LogP) is -0.755. The average molecular weight is 228 g/mol. The van der Waals surface area contributed by atoms with Crippen molar-refractivity contribution in [2.75, 3.05) is 46.9 Å². The third-order valence-electron chi connectivity index (χ3n) is 3.86. The van der Waals surface area contributed by atoms with Gasteiger partial charge >= 0.3 is 0 Å². The van der Waals surface area contributed by atoms with Crippen LogP contribution in [0, 0.1) is 0 Å². The van der Waals surface area contributed by atoms with Crippen molar-refractivity contribution in [1.29, 1.82) is 0 Å². The van der Waals surface area contributed by atoms with Gasteiger partial charge < -0.3 is 15.4 Å². The maximum atomic E-state index is 5.88. The van der Waals surface area contributed by atoms with E-state index in [1.165, 1.54) is 0 Å². The van der Waals surface area contributed by atoms with E-state index in [-0.39, 0.29) is 5.54 Å². The van der Waals surface area contributed by atoms with Crippen molar-refractivity contribution in [2.24, 2.45) is 5.73 Å². The first-order valence-electron chi connectivity index (χ1n) is 6.12. The molecule has 1 saturated carbocycles. The highest BCUT2D eigenvalue weighted by Crippen LogP contribution is 2.33. The van der Waals surface area contributed by atoms with E-state index in [0.717, 1.165) is 39.0 Å². The predicted molar refractivity (Wildman–Crippen MR) is 64.0 cm³/mol. The van der Waals surface area contributed by atoms with E-state index in [1.54, 1.807) is 7.11 Å². The van der Waals surface area contributed by atoms with Crippen LogP contribution in [-0.2, 0) is 4.74 Å². The summed E-state index contributed by atoms with van der Waals surface area (Å²) in [5.41, 5.74) is 9.57. The second-order valence-corrected chi connectivity index (χ2v) is 5.15. The summed E-state index contributed by atoms with van der Waals surface area (Å²) in [7, 11) is 3.95. The zero-order valence-corrected chi connectivity index (χ0v) is 10.4. The van der Waals surface area contributed by atoms with Gasteiger partial charge in [-0.25, -0.2) is 10.4 Å². The Bertz CT molecular complexity index is 222. The molecule has 2 aliphatic rings. The van der Waals surface area contributed by atoms with Crippen molar-refractivity contribution in [3.8, 4) is 0 Å². The van der Waals surface area contributed by atoms with E-state index in [9.17, 15) is 0 Å². The molecule has 0 aromatic heterocycles. The molecule has 0 aromatic rings.